The fourth-order valence-corrected chi connectivity index (χ4v) is 5.46. The van der Waals surface area contributed by atoms with E-state index in [1.54, 1.807) is 11.3 Å². The van der Waals surface area contributed by atoms with Gasteiger partial charge in [-0.25, -0.2) is 4.98 Å². The lowest BCUT2D eigenvalue weighted by Crippen LogP contribution is -2.28. The molecule has 3 aromatic rings. The Morgan fingerprint density at radius 2 is 2.28 bits per heavy atom. The number of nitrogens with one attached hydrogen (secondary N) is 3. The van der Waals surface area contributed by atoms with E-state index in [9.17, 15) is 4.79 Å². The predicted molar refractivity (Wildman–Crippen MR) is 107 cm³/mol. The third-order valence-corrected chi connectivity index (χ3v) is 6.94. The smallest absolute Gasteiger partial charge is 0.271 e. The van der Waals surface area contributed by atoms with Crippen molar-refractivity contribution >= 4 is 39.1 Å². The molecule has 0 bridgehead atoms. The second kappa shape index (κ2) is 7.25. The number of rotatable bonds is 5. The van der Waals surface area contributed by atoms with Gasteiger partial charge in [0.25, 0.3) is 5.56 Å². The highest BCUT2D eigenvalue weighted by atomic mass is 32.2. The average Bonchev–Trinajstić information content (AvgIpc) is 3.19. The van der Waals surface area contributed by atoms with Gasteiger partial charge in [-0.3, -0.25) is 15.0 Å². The van der Waals surface area contributed by atoms with E-state index in [0.717, 1.165) is 21.8 Å². The maximum Gasteiger partial charge on any atom is 0.271 e. The van der Waals surface area contributed by atoms with E-state index in [4.69, 9.17) is 0 Å². The van der Waals surface area contributed by atoms with Gasteiger partial charge in [-0.2, -0.15) is 11.8 Å². The molecule has 7 heteroatoms. The van der Waals surface area contributed by atoms with Crippen LogP contribution in [0.3, 0.4) is 0 Å². The highest BCUT2D eigenvalue weighted by molar-refractivity contribution is 7.99. The minimum Gasteiger partial charge on any atom is -0.359 e. The number of aryl methyl sites for hydroxylation is 1. The second-order valence-corrected chi connectivity index (χ2v) is 9.20. The zero-order valence-corrected chi connectivity index (χ0v) is 15.8. The molecule has 0 spiro atoms. The molecule has 2 aromatic heterocycles. The maximum absolute atomic E-state index is 11.6. The van der Waals surface area contributed by atoms with Gasteiger partial charge in [0.15, 0.2) is 5.13 Å². The molecule has 25 heavy (non-hydrogen) atoms. The van der Waals surface area contributed by atoms with Gasteiger partial charge in [-0.05, 0) is 43.9 Å². The Bertz CT molecular complexity index is 913. The molecule has 4 rings (SSSR count). The normalized spacial score (nSPS) is 20.8. The number of fused-ring (bicyclic) bond motifs is 1. The Kier molecular flexibility index (Phi) is 4.85. The number of thioether (sulfide) groups is 1. The summed E-state index contributed by atoms with van der Waals surface area (Å²) < 4.78 is 0. The molecule has 1 saturated carbocycles. The lowest BCUT2D eigenvalue weighted by Gasteiger charge is -2.29. The molecule has 3 N–H and O–H groups in total. The SMILES string of the molecule is Cc1cnc(NC2CCCC(SCc3ccc4c(=O)[nH][nH]c4c3)C2)s1. The van der Waals surface area contributed by atoms with Crippen LogP contribution >= 0.6 is 23.1 Å². The first-order valence-electron chi connectivity index (χ1n) is 8.67. The van der Waals surface area contributed by atoms with E-state index < -0.39 is 0 Å². The summed E-state index contributed by atoms with van der Waals surface area (Å²) in [7, 11) is 0. The molecule has 1 aliphatic carbocycles. The molecule has 1 aromatic carbocycles. The molecule has 0 radical (unpaired) electrons. The first-order chi connectivity index (χ1) is 12.2. The van der Waals surface area contributed by atoms with Crippen molar-refractivity contribution in [2.75, 3.05) is 5.32 Å². The minimum absolute atomic E-state index is 0.0483. The fourth-order valence-electron chi connectivity index (χ4n) is 3.41. The van der Waals surface area contributed by atoms with Crippen LogP contribution in [0.15, 0.2) is 29.2 Å². The highest BCUT2D eigenvalue weighted by Gasteiger charge is 2.23. The summed E-state index contributed by atoms with van der Waals surface area (Å²) in [6.45, 7) is 2.09. The third kappa shape index (κ3) is 3.93. The molecule has 2 atom stereocenters. The van der Waals surface area contributed by atoms with Crippen LogP contribution in [0.4, 0.5) is 5.13 Å². The van der Waals surface area contributed by atoms with Crippen LogP contribution in [0.2, 0.25) is 0 Å². The summed E-state index contributed by atoms with van der Waals surface area (Å²) >= 11 is 3.76. The van der Waals surface area contributed by atoms with Crippen LogP contribution in [0.5, 0.6) is 0 Å². The molecule has 0 aliphatic heterocycles. The van der Waals surface area contributed by atoms with Gasteiger partial charge in [-0.15, -0.1) is 11.3 Å². The number of benzene rings is 1. The van der Waals surface area contributed by atoms with Gasteiger partial charge in [0.1, 0.15) is 0 Å². The largest absolute Gasteiger partial charge is 0.359 e. The summed E-state index contributed by atoms with van der Waals surface area (Å²) in [6.07, 6.45) is 6.90. The van der Waals surface area contributed by atoms with E-state index in [1.165, 1.54) is 36.1 Å². The topological polar surface area (TPSA) is 73.6 Å². The number of aromatic nitrogens is 3. The summed E-state index contributed by atoms with van der Waals surface area (Å²) in [6, 6.07) is 6.59. The Morgan fingerprint density at radius 3 is 3.12 bits per heavy atom. The number of anilines is 1. The van der Waals surface area contributed by atoms with Crippen molar-refractivity contribution in [3.05, 3.63) is 45.2 Å². The Labute approximate surface area is 154 Å². The van der Waals surface area contributed by atoms with Gasteiger partial charge in [0.2, 0.25) is 0 Å². The van der Waals surface area contributed by atoms with Gasteiger partial charge in [0.05, 0.1) is 10.9 Å². The molecular formula is C18H22N4OS2. The number of thiazole rings is 1. The second-order valence-electron chi connectivity index (χ2n) is 6.68. The van der Waals surface area contributed by atoms with Gasteiger partial charge >= 0.3 is 0 Å². The number of H-pyrrole nitrogens is 2. The Hall–Kier alpha value is -1.73. The van der Waals surface area contributed by atoms with Crippen LogP contribution in [0, 0.1) is 6.92 Å². The number of nitrogens with zero attached hydrogens (tertiary/aromatic N) is 1. The van der Waals surface area contributed by atoms with Crippen molar-refractivity contribution in [1.29, 1.82) is 0 Å². The summed E-state index contributed by atoms with van der Waals surface area (Å²) in [4.78, 5) is 17.3. The van der Waals surface area contributed by atoms with E-state index >= 15 is 0 Å². The third-order valence-electron chi connectivity index (χ3n) is 4.70. The van der Waals surface area contributed by atoms with Crippen molar-refractivity contribution < 1.29 is 0 Å². The minimum atomic E-state index is -0.0483. The molecule has 2 heterocycles. The van der Waals surface area contributed by atoms with E-state index in [-0.39, 0.29) is 5.56 Å². The van der Waals surface area contributed by atoms with E-state index in [2.05, 4.69) is 39.6 Å². The molecule has 0 amide bonds. The van der Waals surface area contributed by atoms with Crippen LogP contribution < -0.4 is 10.9 Å². The summed E-state index contributed by atoms with van der Waals surface area (Å²) in [5.74, 6) is 0.983. The van der Waals surface area contributed by atoms with Crippen molar-refractivity contribution in [3.8, 4) is 0 Å². The first-order valence-corrected chi connectivity index (χ1v) is 10.5. The lowest BCUT2D eigenvalue weighted by molar-refractivity contribution is 0.473. The standard InChI is InChI=1S/C18H22N4OS2/c1-11-9-19-18(25-11)20-13-3-2-4-14(8-13)24-10-12-5-6-15-16(7-12)21-22-17(15)23/h5-7,9,13-14H,2-4,8,10H2,1H3,(H,19,20)(H2,21,22,23). The molecule has 0 saturated heterocycles. The van der Waals surface area contributed by atoms with Crippen LogP contribution in [0.25, 0.3) is 10.9 Å². The van der Waals surface area contributed by atoms with E-state index in [0.29, 0.717) is 11.3 Å². The van der Waals surface area contributed by atoms with Gasteiger partial charge in [0, 0.05) is 28.1 Å². The first kappa shape index (κ1) is 16.7. The molecule has 5 nitrogen and oxygen atoms in total. The highest BCUT2D eigenvalue weighted by Crippen LogP contribution is 2.33. The van der Waals surface area contributed by atoms with Crippen LogP contribution in [-0.2, 0) is 5.75 Å². The van der Waals surface area contributed by atoms with Crippen LogP contribution in [0.1, 0.15) is 36.1 Å². The van der Waals surface area contributed by atoms with E-state index in [1.807, 2.05) is 24.0 Å². The zero-order chi connectivity index (χ0) is 17.2. The Balaban J connectivity index is 1.34. The molecule has 1 fully saturated rings. The number of aromatic amines is 2. The quantitative estimate of drug-likeness (QED) is 0.623. The fraction of sp³-hybridized carbons (Fsp3) is 0.444. The number of hydrogen-bond donors (Lipinski definition) is 3. The average molecular weight is 375 g/mol. The predicted octanol–water partition coefficient (Wildman–Crippen LogP) is 4.28. The molecule has 132 valence electrons. The molecule has 1 aliphatic rings. The zero-order valence-electron chi connectivity index (χ0n) is 14.2. The van der Waals surface area contributed by atoms with Gasteiger partial charge < -0.3 is 5.32 Å². The molecule has 2 unspecified atom stereocenters. The lowest BCUT2D eigenvalue weighted by atomic mass is 9.95. The maximum atomic E-state index is 11.6. The van der Waals surface area contributed by atoms with Crippen molar-refractivity contribution in [1.82, 2.24) is 15.2 Å². The summed E-state index contributed by atoms with van der Waals surface area (Å²) in [5, 5.41) is 11.6. The van der Waals surface area contributed by atoms with Crippen LogP contribution in [-0.4, -0.2) is 26.5 Å². The van der Waals surface area contributed by atoms with Crippen molar-refractivity contribution in [3.63, 3.8) is 0 Å². The van der Waals surface area contributed by atoms with Crippen molar-refractivity contribution in [2.24, 2.45) is 0 Å². The van der Waals surface area contributed by atoms with Gasteiger partial charge in [-0.1, -0.05) is 12.5 Å². The number of hydrogen-bond acceptors (Lipinski definition) is 5. The monoisotopic (exact) mass is 374 g/mol. The summed E-state index contributed by atoms with van der Waals surface area (Å²) in [5.41, 5.74) is 2.11. The molecular weight excluding hydrogens is 352 g/mol. The Morgan fingerprint density at radius 1 is 1.36 bits per heavy atom. The van der Waals surface area contributed by atoms with Crippen molar-refractivity contribution in [2.45, 2.75) is 49.7 Å².